The van der Waals surface area contributed by atoms with Gasteiger partial charge in [-0.05, 0) is 55.9 Å². The lowest BCUT2D eigenvalue weighted by Crippen LogP contribution is -2.45. The Morgan fingerprint density at radius 2 is 1.70 bits per heavy atom. The van der Waals surface area contributed by atoms with Gasteiger partial charge in [-0.25, -0.2) is 13.1 Å². The summed E-state index contributed by atoms with van der Waals surface area (Å²) in [4.78, 5) is 28.2. The molecule has 10 heteroatoms. The van der Waals surface area contributed by atoms with E-state index in [9.17, 15) is 18.0 Å². The molecule has 0 saturated heterocycles. The summed E-state index contributed by atoms with van der Waals surface area (Å²) in [5.41, 5.74) is 5.03. The summed E-state index contributed by atoms with van der Waals surface area (Å²) in [5, 5.41) is 0.179. The average Bonchev–Trinajstić information content (AvgIpc) is 2.77. The van der Waals surface area contributed by atoms with Gasteiger partial charge in [-0.3, -0.25) is 25.4 Å². The number of amides is 2. The fourth-order valence-electron chi connectivity index (χ4n) is 3.38. The second-order valence-corrected chi connectivity index (χ2v) is 9.30. The molecule has 2 aromatic rings. The van der Waals surface area contributed by atoms with Crippen molar-refractivity contribution < 1.29 is 18.0 Å². The molecule has 2 amide bonds. The van der Waals surface area contributed by atoms with E-state index in [0.29, 0.717) is 25.7 Å². The predicted molar refractivity (Wildman–Crippen MR) is 112 cm³/mol. The summed E-state index contributed by atoms with van der Waals surface area (Å²) in [6, 6.07) is 11.2. The summed E-state index contributed by atoms with van der Waals surface area (Å²) >= 11 is 5.98. The molecule has 3 N–H and O–H groups in total. The number of hydrogen-bond acceptors (Lipinski definition) is 5. The van der Waals surface area contributed by atoms with Gasteiger partial charge in [0.1, 0.15) is 10.6 Å². The minimum absolute atomic E-state index is 0.0587. The third-order valence-electron chi connectivity index (χ3n) is 5.10. The largest absolute Gasteiger partial charge is 0.288 e. The molecule has 0 radical (unpaired) electrons. The van der Waals surface area contributed by atoms with Gasteiger partial charge in [-0.15, -0.1) is 0 Å². The Kier molecular flexibility index (Phi) is 7.41. The van der Waals surface area contributed by atoms with Gasteiger partial charge in [0.2, 0.25) is 15.9 Å². The van der Waals surface area contributed by atoms with Crippen LogP contribution in [0.2, 0.25) is 5.02 Å². The van der Waals surface area contributed by atoms with Crippen molar-refractivity contribution >= 4 is 33.4 Å². The van der Waals surface area contributed by atoms with Gasteiger partial charge < -0.3 is 0 Å². The van der Waals surface area contributed by atoms with Crippen LogP contribution in [-0.4, -0.2) is 31.8 Å². The van der Waals surface area contributed by atoms with Crippen molar-refractivity contribution in [3.05, 3.63) is 59.4 Å². The number of rotatable bonds is 6. The Bertz CT molecular complexity index is 993. The molecule has 1 saturated carbocycles. The first kappa shape index (κ1) is 22.2. The lowest BCUT2D eigenvalue weighted by atomic mass is 9.82. The highest BCUT2D eigenvalue weighted by Crippen LogP contribution is 2.29. The molecule has 160 valence electrons. The van der Waals surface area contributed by atoms with E-state index in [1.807, 2.05) is 0 Å². The lowest BCUT2D eigenvalue weighted by Gasteiger charge is -2.27. The van der Waals surface area contributed by atoms with Gasteiger partial charge in [0, 0.05) is 18.7 Å². The molecule has 1 heterocycles. The number of aromatic nitrogens is 1. The highest BCUT2D eigenvalue weighted by atomic mass is 35.5. The summed E-state index contributed by atoms with van der Waals surface area (Å²) in [5.74, 6) is -0.833. The van der Waals surface area contributed by atoms with E-state index >= 15 is 0 Å². The van der Waals surface area contributed by atoms with Crippen LogP contribution in [0, 0.1) is 11.8 Å². The van der Waals surface area contributed by atoms with Crippen LogP contribution in [0.3, 0.4) is 0 Å². The number of carbonyl (C=O) groups is 2. The van der Waals surface area contributed by atoms with Crippen LogP contribution in [0.5, 0.6) is 0 Å². The smallest absolute Gasteiger partial charge is 0.273 e. The molecule has 1 aromatic carbocycles. The maximum absolute atomic E-state index is 12.4. The molecular formula is C20H23ClN4O4S. The number of hydrazine groups is 1. The zero-order chi connectivity index (χ0) is 21.6. The van der Waals surface area contributed by atoms with Crippen molar-refractivity contribution in [3.63, 3.8) is 0 Å². The minimum Gasteiger partial charge on any atom is -0.273 e. The third kappa shape index (κ3) is 5.78. The Labute approximate surface area is 180 Å². The molecule has 0 unspecified atom stereocenters. The van der Waals surface area contributed by atoms with E-state index in [-0.39, 0.29) is 39.9 Å². The van der Waals surface area contributed by atoms with Gasteiger partial charge in [0.05, 0.1) is 5.02 Å². The van der Waals surface area contributed by atoms with Gasteiger partial charge in [0.15, 0.2) is 0 Å². The van der Waals surface area contributed by atoms with Crippen LogP contribution in [0.1, 0.15) is 36.2 Å². The quantitative estimate of drug-likeness (QED) is 0.583. The molecule has 0 spiro atoms. The fraction of sp³-hybridized carbons (Fsp3) is 0.350. The third-order valence-corrected chi connectivity index (χ3v) is 7.03. The van der Waals surface area contributed by atoms with Crippen molar-refractivity contribution in [2.75, 3.05) is 6.54 Å². The molecule has 1 aliphatic rings. The molecular weight excluding hydrogens is 428 g/mol. The molecule has 1 fully saturated rings. The zero-order valence-corrected chi connectivity index (χ0v) is 17.7. The number of benzene rings is 1. The zero-order valence-electron chi connectivity index (χ0n) is 16.2. The van der Waals surface area contributed by atoms with Gasteiger partial charge in [-0.1, -0.05) is 29.8 Å². The first-order valence-corrected chi connectivity index (χ1v) is 11.5. The van der Waals surface area contributed by atoms with E-state index in [2.05, 4.69) is 20.6 Å². The normalized spacial score (nSPS) is 19.1. The Balaban J connectivity index is 1.43. The van der Waals surface area contributed by atoms with Crippen molar-refractivity contribution in [1.29, 1.82) is 0 Å². The molecule has 0 aliphatic heterocycles. The number of nitrogens with zero attached hydrogens (tertiary/aromatic N) is 1. The van der Waals surface area contributed by atoms with Crippen molar-refractivity contribution in [2.45, 2.75) is 30.6 Å². The second kappa shape index (κ2) is 10.0. The maximum atomic E-state index is 12.4. The van der Waals surface area contributed by atoms with E-state index < -0.39 is 15.9 Å². The number of sulfonamides is 1. The highest BCUT2D eigenvalue weighted by molar-refractivity contribution is 7.89. The molecule has 8 nitrogen and oxygen atoms in total. The number of hydrogen-bond donors (Lipinski definition) is 3. The summed E-state index contributed by atoms with van der Waals surface area (Å²) < 4.78 is 27.5. The minimum atomic E-state index is -3.68. The van der Waals surface area contributed by atoms with Gasteiger partial charge in [0.25, 0.3) is 5.91 Å². The molecule has 0 bridgehead atoms. The Morgan fingerprint density at radius 1 is 1.00 bits per heavy atom. The fourth-order valence-corrected chi connectivity index (χ4v) is 5.01. The van der Waals surface area contributed by atoms with Crippen LogP contribution in [0.25, 0.3) is 0 Å². The Morgan fingerprint density at radius 3 is 2.37 bits per heavy atom. The van der Waals surface area contributed by atoms with Crippen LogP contribution >= 0.6 is 11.6 Å². The topological polar surface area (TPSA) is 117 Å². The van der Waals surface area contributed by atoms with E-state index in [1.54, 1.807) is 30.3 Å². The monoisotopic (exact) mass is 450 g/mol. The Hall–Kier alpha value is -2.49. The number of nitrogens with one attached hydrogen (secondary N) is 3. The summed E-state index contributed by atoms with van der Waals surface area (Å²) in [6.07, 6.45) is 4.14. The van der Waals surface area contributed by atoms with Crippen LogP contribution in [-0.2, 0) is 14.8 Å². The number of carbonyl (C=O) groups excluding carboxylic acids is 2. The van der Waals surface area contributed by atoms with E-state index in [1.165, 1.54) is 18.3 Å². The van der Waals surface area contributed by atoms with Crippen LogP contribution < -0.4 is 15.6 Å². The van der Waals surface area contributed by atoms with Gasteiger partial charge >= 0.3 is 0 Å². The second-order valence-electron chi connectivity index (χ2n) is 7.16. The summed E-state index contributed by atoms with van der Waals surface area (Å²) in [7, 11) is -3.68. The van der Waals surface area contributed by atoms with Crippen molar-refractivity contribution in [2.24, 2.45) is 11.8 Å². The summed E-state index contributed by atoms with van der Waals surface area (Å²) in [6.45, 7) is 0.290. The number of pyridine rings is 1. The molecule has 3 rings (SSSR count). The van der Waals surface area contributed by atoms with Crippen molar-refractivity contribution in [3.8, 4) is 0 Å². The van der Waals surface area contributed by atoms with E-state index in [4.69, 9.17) is 11.6 Å². The maximum Gasteiger partial charge on any atom is 0.288 e. The number of halogens is 1. The van der Waals surface area contributed by atoms with Crippen LogP contribution in [0.4, 0.5) is 0 Å². The molecule has 30 heavy (non-hydrogen) atoms. The standard InChI is InChI=1S/C20H23ClN4O4S/c21-16-5-1-2-7-18(16)30(28,29)23-13-14-8-10-15(11-9-14)19(26)24-25-20(27)17-6-3-4-12-22-17/h1-7,12,14-15,23H,8-11,13H2,(H,24,26)(H,25,27). The molecule has 1 aromatic heterocycles. The average molecular weight is 451 g/mol. The molecule has 1 aliphatic carbocycles. The highest BCUT2D eigenvalue weighted by Gasteiger charge is 2.28. The predicted octanol–water partition coefficient (Wildman–Crippen LogP) is 2.28. The van der Waals surface area contributed by atoms with Gasteiger partial charge in [-0.2, -0.15) is 0 Å². The molecule has 0 atom stereocenters. The lowest BCUT2D eigenvalue weighted by molar-refractivity contribution is -0.127. The van der Waals surface area contributed by atoms with Crippen molar-refractivity contribution in [1.82, 2.24) is 20.6 Å². The first-order chi connectivity index (χ1) is 14.4. The first-order valence-electron chi connectivity index (χ1n) is 9.62. The van der Waals surface area contributed by atoms with E-state index in [0.717, 1.165) is 0 Å². The van der Waals surface area contributed by atoms with Crippen LogP contribution in [0.15, 0.2) is 53.6 Å². The SMILES string of the molecule is O=C(NNC(=O)C1CCC(CNS(=O)(=O)c2ccccc2Cl)CC1)c1ccccn1.